The van der Waals surface area contributed by atoms with Gasteiger partial charge in [-0.15, -0.1) is 0 Å². The Morgan fingerprint density at radius 1 is 1.00 bits per heavy atom. The van der Waals surface area contributed by atoms with Gasteiger partial charge in [-0.2, -0.15) is 0 Å². The van der Waals surface area contributed by atoms with Crippen molar-refractivity contribution in [1.29, 1.82) is 0 Å². The molecule has 6 atom stereocenters. The highest BCUT2D eigenvalue weighted by molar-refractivity contribution is 5.27. The highest BCUT2D eigenvalue weighted by atomic mass is 15.0. The van der Waals surface area contributed by atoms with Gasteiger partial charge >= 0.3 is 0 Å². The molecule has 4 aliphatic rings. The highest BCUT2D eigenvalue weighted by Gasteiger charge is 2.71. The lowest BCUT2D eigenvalue weighted by Crippen LogP contribution is -2.82. The summed E-state index contributed by atoms with van der Waals surface area (Å²) >= 11 is 0. The molecule has 4 rings (SSSR count). The molecule has 0 amide bonds. The van der Waals surface area contributed by atoms with Crippen molar-refractivity contribution in [3.63, 3.8) is 0 Å². The second-order valence-electron chi connectivity index (χ2n) is 7.81. The van der Waals surface area contributed by atoms with Gasteiger partial charge in [-0.05, 0) is 55.3 Å². The maximum Gasteiger partial charge on any atom is 0.0365 e. The van der Waals surface area contributed by atoms with Crippen LogP contribution in [0.15, 0.2) is 0 Å². The lowest BCUT2D eigenvalue weighted by molar-refractivity contribution is -0.201. The first kappa shape index (κ1) is 11.0. The number of nitrogens with two attached hydrogens (primary N) is 2. The molecule has 4 saturated carbocycles. The quantitative estimate of drug-likeness (QED) is 0.660. The predicted octanol–water partition coefficient (Wildman–Crippen LogP) is 2.27. The van der Waals surface area contributed by atoms with Gasteiger partial charge < -0.3 is 11.5 Å². The van der Waals surface area contributed by atoms with E-state index in [-0.39, 0.29) is 16.5 Å². The minimum absolute atomic E-state index is 0.121. The van der Waals surface area contributed by atoms with E-state index in [0.717, 1.165) is 18.8 Å². The normalized spacial score (nSPS) is 68.6. The molecular formula is C14H26N2. The van der Waals surface area contributed by atoms with Crippen LogP contribution in [0.25, 0.3) is 0 Å². The van der Waals surface area contributed by atoms with Crippen LogP contribution >= 0.6 is 0 Å². The third-order valence-corrected chi connectivity index (χ3v) is 7.06. The number of rotatable bonds is 0. The fraction of sp³-hybridized carbons (Fsp3) is 1.00. The molecule has 4 fully saturated rings. The maximum absolute atomic E-state index is 6.71. The van der Waals surface area contributed by atoms with Crippen LogP contribution in [0.2, 0.25) is 0 Å². The summed E-state index contributed by atoms with van der Waals surface area (Å²) in [5, 5.41) is 0. The second-order valence-corrected chi connectivity index (χ2v) is 7.81. The molecule has 0 radical (unpaired) electrons. The largest absolute Gasteiger partial charge is 0.324 e. The Morgan fingerprint density at radius 2 is 1.62 bits per heavy atom. The van der Waals surface area contributed by atoms with Crippen molar-refractivity contribution in [1.82, 2.24) is 0 Å². The summed E-state index contributed by atoms with van der Waals surface area (Å²) in [6, 6.07) is 0. The van der Waals surface area contributed by atoms with Crippen LogP contribution in [0, 0.1) is 22.7 Å². The van der Waals surface area contributed by atoms with E-state index in [1.807, 2.05) is 0 Å². The van der Waals surface area contributed by atoms with Gasteiger partial charge in [0, 0.05) is 11.1 Å². The minimum Gasteiger partial charge on any atom is -0.324 e. The van der Waals surface area contributed by atoms with Gasteiger partial charge in [0.15, 0.2) is 0 Å². The van der Waals surface area contributed by atoms with Crippen LogP contribution in [-0.2, 0) is 0 Å². The first-order valence-electron chi connectivity index (χ1n) is 6.72. The SMILES string of the molecule is CC1C2(C)CC3CC(N)(C2)C(C)(N)C1(C)C3. The minimum atomic E-state index is -0.199. The average molecular weight is 222 g/mol. The zero-order valence-corrected chi connectivity index (χ0v) is 11.1. The van der Waals surface area contributed by atoms with E-state index in [1.54, 1.807) is 0 Å². The van der Waals surface area contributed by atoms with Gasteiger partial charge in [0.25, 0.3) is 0 Å². The average Bonchev–Trinajstić information content (AvgIpc) is 2.11. The molecule has 0 heterocycles. The topological polar surface area (TPSA) is 52.0 Å². The van der Waals surface area contributed by atoms with Gasteiger partial charge in [0.05, 0.1) is 0 Å². The Hall–Kier alpha value is -0.0800. The molecule has 4 N–H and O–H groups in total. The van der Waals surface area contributed by atoms with Gasteiger partial charge in [-0.1, -0.05) is 20.8 Å². The zero-order chi connectivity index (χ0) is 12.0. The third kappa shape index (κ3) is 0.896. The molecule has 0 aromatic heterocycles. The van der Waals surface area contributed by atoms with Gasteiger partial charge in [-0.3, -0.25) is 0 Å². The highest BCUT2D eigenvalue weighted by Crippen LogP contribution is 2.70. The van der Waals surface area contributed by atoms with Crippen molar-refractivity contribution >= 4 is 0 Å². The number of hydrogen-bond acceptors (Lipinski definition) is 2. The molecule has 4 bridgehead atoms. The molecule has 0 aromatic carbocycles. The van der Waals surface area contributed by atoms with E-state index in [9.17, 15) is 0 Å². The Bertz CT molecular complexity index is 351. The summed E-state index contributed by atoms with van der Waals surface area (Å²) in [5.74, 6) is 1.52. The standard InChI is InChI=1S/C14H26N2/c1-9-11(2)5-10-6-12(9,3)13(4,15)14(16,7-10)8-11/h9-10H,5-8,15-16H2,1-4H3. The Kier molecular flexibility index (Phi) is 1.73. The molecule has 92 valence electrons. The van der Waals surface area contributed by atoms with Crippen LogP contribution in [-0.4, -0.2) is 11.1 Å². The first-order chi connectivity index (χ1) is 7.15. The molecule has 0 saturated heterocycles. The Balaban J connectivity index is 2.18. The molecule has 6 unspecified atom stereocenters. The van der Waals surface area contributed by atoms with Crippen LogP contribution in [0.3, 0.4) is 0 Å². The Morgan fingerprint density at radius 3 is 2.25 bits per heavy atom. The van der Waals surface area contributed by atoms with Crippen LogP contribution < -0.4 is 11.5 Å². The van der Waals surface area contributed by atoms with E-state index < -0.39 is 0 Å². The van der Waals surface area contributed by atoms with E-state index in [1.165, 1.54) is 12.8 Å². The number of hydrogen-bond donors (Lipinski definition) is 2. The van der Waals surface area contributed by atoms with Crippen LogP contribution in [0.5, 0.6) is 0 Å². The molecule has 16 heavy (non-hydrogen) atoms. The van der Waals surface area contributed by atoms with E-state index in [2.05, 4.69) is 27.7 Å². The first-order valence-corrected chi connectivity index (χ1v) is 6.72. The molecule has 2 nitrogen and oxygen atoms in total. The molecule has 4 aliphatic carbocycles. The predicted molar refractivity (Wildman–Crippen MR) is 66.8 cm³/mol. The molecule has 0 aromatic rings. The lowest BCUT2D eigenvalue weighted by atomic mass is 9.33. The molecule has 0 spiro atoms. The van der Waals surface area contributed by atoms with Crippen LogP contribution in [0.1, 0.15) is 53.4 Å². The summed E-state index contributed by atoms with van der Waals surface area (Å²) < 4.78 is 0. The van der Waals surface area contributed by atoms with E-state index in [0.29, 0.717) is 11.3 Å². The second kappa shape index (κ2) is 2.51. The summed E-state index contributed by atoms with van der Waals surface area (Å²) in [5.41, 5.74) is 13.8. The fourth-order valence-electron chi connectivity index (χ4n) is 5.76. The van der Waals surface area contributed by atoms with Crippen molar-refractivity contribution in [2.24, 2.45) is 34.1 Å². The maximum atomic E-state index is 6.71. The van der Waals surface area contributed by atoms with Crippen molar-refractivity contribution in [3.05, 3.63) is 0 Å². The summed E-state index contributed by atoms with van der Waals surface area (Å²) in [7, 11) is 0. The van der Waals surface area contributed by atoms with Crippen molar-refractivity contribution in [2.75, 3.05) is 0 Å². The zero-order valence-electron chi connectivity index (χ0n) is 11.1. The fourth-order valence-corrected chi connectivity index (χ4v) is 5.76. The van der Waals surface area contributed by atoms with Crippen molar-refractivity contribution in [2.45, 2.75) is 64.5 Å². The van der Waals surface area contributed by atoms with E-state index in [4.69, 9.17) is 11.5 Å². The smallest absolute Gasteiger partial charge is 0.0365 e. The Labute approximate surface area is 99.1 Å². The van der Waals surface area contributed by atoms with Gasteiger partial charge in [0.2, 0.25) is 0 Å². The van der Waals surface area contributed by atoms with Gasteiger partial charge in [0.1, 0.15) is 0 Å². The van der Waals surface area contributed by atoms with E-state index >= 15 is 0 Å². The summed E-state index contributed by atoms with van der Waals surface area (Å²) in [4.78, 5) is 0. The monoisotopic (exact) mass is 222 g/mol. The summed E-state index contributed by atoms with van der Waals surface area (Å²) in [6.07, 6.45) is 4.94. The third-order valence-electron chi connectivity index (χ3n) is 7.06. The van der Waals surface area contributed by atoms with Crippen molar-refractivity contribution < 1.29 is 0 Å². The van der Waals surface area contributed by atoms with Crippen LogP contribution in [0.4, 0.5) is 0 Å². The molecule has 0 aliphatic heterocycles. The molecular weight excluding hydrogens is 196 g/mol. The molecule has 2 heteroatoms. The van der Waals surface area contributed by atoms with Crippen molar-refractivity contribution in [3.8, 4) is 0 Å². The summed E-state index contributed by atoms with van der Waals surface area (Å²) in [6.45, 7) is 9.46. The lowest BCUT2D eigenvalue weighted by Gasteiger charge is -2.74. The van der Waals surface area contributed by atoms with Gasteiger partial charge in [-0.25, -0.2) is 0 Å².